The highest BCUT2D eigenvalue weighted by molar-refractivity contribution is 5.89. The Morgan fingerprint density at radius 2 is 1.92 bits per heavy atom. The molecule has 2 aliphatic heterocycles. The van der Waals surface area contributed by atoms with Crippen molar-refractivity contribution in [2.45, 2.75) is 44.7 Å². The number of carboxylic acids is 1. The number of carboxylic acid groups (broad SMARTS) is 1. The number of hydrogen-bond acceptors (Lipinski definition) is 7. The van der Waals surface area contributed by atoms with Gasteiger partial charge in [-0.25, -0.2) is 14.6 Å². The Hall–Kier alpha value is -3.77. The number of pyridine rings is 2. The zero-order valence-electron chi connectivity index (χ0n) is 19.1. The highest BCUT2D eigenvalue weighted by atomic mass is 19.4. The number of ether oxygens (including phenoxy) is 1. The van der Waals surface area contributed by atoms with E-state index in [1.807, 2.05) is 24.3 Å². The summed E-state index contributed by atoms with van der Waals surface area (Å²) in [5.41, 5.74) is 8.69. The van der Waals surface area contributed by atoms with E-state index in [2.05, 4.69) is 0 Å². The molecule has 0 radical (unpaired) electrons. The van der Waals surface area contributed by atoms with Crippen molar-refractivity contribution in [2.75, 3.05) is 6.54 Å². The minimum atomic E-state index is -5.08. The fourth-order valence-corrected chi connectivity index (χ4v) is 4.54. The van der Waals surface area contributed by atoms with Gasteiger partial charge in [0.25, 0.3) is 5.56 Å². The first kappa shape index (κ1) is 25.3. The minimum Gasteiger partial charge on any atom is -0.475 e. The van der Waals surface area contributed by atoms with Crippen LogP contribution in [-0.2, 0) is 39.5 Å². The summed E-state index contributed by atoms with van der Waals surface area (Å²) < 4.78 is 38.5. The maximum absolute atomic E-state index is 13.3. The van der Waals surface area contributed by atoms with Crippen molar-refractivity contribution < 1.29 is 37.7 Å². The Morgan fingerprint density at radius 3 is 2.53 bits per heavy atom. The highest BCUT2D eigenvalue weighted by Gasteiger charge is 2.45. The molecule has 0 amide bonds. The van der Waals surface area contributed by atoms with Crippen molar-refractivity contribution in [3.05, 3.63) is 62.9 Å². The third-order valence-corrected chi connectivity index (χ3v) is 6.35. The van der Waals surface area contributed by atoms with Gasteiger partial charge < -0.3 is 25.3 Å². The number of aromatic nitrogens is 2. The zero-order valence-corrected chi connectivity index (χ0v) is 19.1. The monoisotopic (exact) mass is 505 g/mol. The first-order valence-electron chi connectivity index (χ1n) is 11.0. The molecule has 0 saturated heterocycles. The molecule has 0 aliphatic carbocycles. The Kier molecular flexibility index (Phi) is 6.35. The lowest BCUT2D eigenvalue weighted by Gasteiger charge is -2.31. The number of rotatable bonds is 3. The van der Waals surface area contributed by atoms with Crippen LogP contribution in [0, 0.1) is 0 Å². The average Bonchev–Trinajstić information content (AvgIpc) is 3.20. The largest absolute Gasteiger partial charge is 0.490 e. The van der Waals surface area contributed by atoms with Gasteiger partial charge in [0, 0.05) is 16.5 Å². The number of benzene rings is 1. The third-order valence-electron chi connectivity index (χ3n) is 6.35. The summed E-state index contributed by atoms with van der Waals surface area (Å²) in [4.78, 5) is 39.2. The van der Waals surface area contributed by atoms with Crippen LogP contribution in [0.2, 0.25) is 0 Å². The van der Waals surface area contributed by atoms with E-state index in [1.165, 1.54) is 0 Å². The maximum Gasteiger partial charge on any atom is 0.490 e. The van der Waals surface area contributed by atoms with E-state index < -0.39 is 23.7 Å². The van der Waals surface area contributed by atoms with Crippen LogP contribution in [0.25, 0.3) is 22.3 Å². The number of alkyl halides is 3. The van der Waals surface area contributed by atoms with Gasteiger partial charge in [0.2, 0.25) is 0 Å². The number of aliphatic carboxylic acids is 1. The molecule has 1 atom stereocenters. The topological polar surface area (TPSA) is 145 Å². The lowest BCUT2D eigenvalue weighted by molar-refractivity contribution is -0.192. The molecule has 12 heteroatoms. The first-order valence-corrected chi connectivity index (χ1v) is 11.0. The van der Waals surface area contributed by atoms with Crippen molar-refractivity contribution in [2.24, 2.45) is 5.73 Å². The third kappa shape index (κ3) is 4.01. The molecule has 0 unspecified atom stereocenters. The van der Waals surface area contributed by atoms with Crippen LogP contribution >= 0.6 is 0 Å². The minimum absolute atomic E-state index is 0.123. The first-order chi connectivity index (χ1) is 16.9. The average molecular weight is 505 g/mol. The van der Waals surface area contributed by atoms with Crippen molar-refractivity contribution in [3.8, 4) is 11.4 Å². The van der Waals surface area contributed by atoms with E-state index in [1.54, 1.807) is 17.6 Å². The predicted molar refractivity (Wildman–Crippen MR) is 121 cm³/mol. The molecule has 2 aliphatic rings. The van der Waals surface area contributed by atoms with Crippen LogP contribution < -0.4 is 11.3 Å². The molecular weight excluding hydrogens is 483 g/mol. The normalized spacial score (nSPS) is 18.0. The number of para-hydroxylation sites is 1. The number of nitrogens with zero attached hydrogens (tertiary/aromatic N) is 2. The van der Waals surface area contributed by atoms with E-state index in [0.29, 0.717) is 42.0 Å². The van der Waals surface area contributed by atoms with Crippen LogP contribution in [0.5, 0.6) is 0 Å². The number of carbonyl (C=O) groups excluding carboxylic acids is 1. The van der Waals surface area contributed by atoms with Gasteiger partial charge in [-0.2, -0.15) is 13.2 Å². The Balaban J connectivity index is 0.000000384. The van der Waals surface area contributed by atoms with Crippen molar-refractivity contribution in [1.29, 1.82) is 0 Å². The fourth-order valence-electron chi connectivity index (χ4n) is 4.54. The zero-order chi connectivity index (χ0) is 26.4. The molecule has 2 aromatic heterocycles. The Morgan fingerprint density at radius 1 is 1.25 bits per heavy atom. The number of hydrogen-bond donors (Lipinski definition) is 3. The number of esters is 1. The SMILES string of the molecule is CC[C@@]1(O)C(=O)OCc2c1cc1n(c2=O)Cc2c-1nc1ccccc1c2CCN.O=C(O)C(F)(F)F. The number of nitrogens with two attached hydrogens (primary N) is 1. The summed E-state index contributed by atoms with van der Waals surface area (Å²) in [6.45, 7) is 2.44. The quantitative estimate of drug-likeness (QED) is 0.360. The van der Waals surface area contributed by atoms with Gasteiger partial charge in [0.1, 0.15) is 6.61 Å². The Bertz CT molecular complexity index is 1450. The molecule has 3 aromatic rings. The Labute approximate surface area is 201 Å². The van der Waals surface area contributed by atoms with Gasteiger partial charge in [0.05, 0.1) is 29.0 Å². The van der Waals surface area contributed by atoms with Crippen LogP contribution in [0.4, 0.5) is 13.2 Å². The van der Waals surface area contributed by atoms with Gasteiger partial charge >= 0.3 is 18.1 Å². The number of carbonyl (C=O) groups is 2. The molecule has 4 N–H and O–H groups in total. The molecular formula is C24H22F3N3O6. The molecule has 36 heavy (non-hydrogen) atoms. The van der Waals surface area contributed by atoms with Crippen LogP contribution in [0.3, 0.4) is 0 Å². The highest BCUT2D eigenvalue weighted by Crippen LogP contribution is 2.40. The molecule has 0 fully saturated rings. The number of aliphatic hydroxyl groups is 1. The van der Waals surface area contributed by atoms with Gasteiger partial charge in [-0.05, 0) is 37.1 Å². The summed E-state index contributed by atoms with van der Waals surface area (Å²) >= 11 is 0. The lowest BCUT2D eigenvalue weighted by Crippen LogP contribution is -2.44. The smallest absolute Gasteiger partial charge is 0.475 e. The van der Waals surface area contributed by atoms with Gasteiger partial charge in [0.15, 0.2) is 5.60 Å². The van der Waals surface area contributed by atoms with Gasteiger partial charge in [-0.15, -0.1) is 0 Å². The summed E-state index contributed by atoms with van der Waals surface area (Å²) in [6.07, 6.45) is -4.29. The molecule has 1 aromatic carbocycles. The van der Waals surface area contributed by atoms with E-state index in [0.717, 1.165) is 22.0 Å². The summed E-state index contributed by atoms with van der Waals surface area (Å²) in [6, 6.07) is 9.59. The lowest BCUT2D eigenvalue weighted by atomic mass is 9.86. The second-order valence-corrected chi connectivity index (χ2v) is 8.38. The molecule has 190 valence electrons. The second kappa shape index (κ2) is 9.03. The number of cyclic esters (lactones) is 1. The van der Waals surface area contributed by atoms with Crippen LogP contribution in [0.1, 0.15) is 35.6 Å². The molecule has 9 nitrogen and oxygen atoms in total. The number of halogens is 3. The predicted octanol–water partition coefficient (Wildman–Crippen LogP) is 2.21. The van der Waals surface area contributed by atoms with Gasteiger partial charge in [-0.1, -0.05) is 25.1 Å². The molecule has 0 bridgehead atoms. The van der Waals surface area contributed by atoms with E-state index in [9.17, 15) is 27.9 Å². The molecule has 0 spiro atoms. The maximum atomic E-state index is 13.3. The van der Waals surface area contributed by atoms with E-state index >= 15 is 0 Å². The van der Waals surface area contributed by atoms with Crippen LogP contribution in [0.15, 0.2) is 35.1 Å². The van der Waals surface area contributed by atoms with E-state index in [4.69, 9.17) is 25.4 Å². The summed E-state index contributed by atoms with van der Waals surface area (Å²) in [5, 5.41) is 19.1. The number of fused-ring (bicyclic) bond motifs is 5. The van der Waals surface area contributed by atoms with Crippen molar-refractivity contribution >= 4 is 22.8 Å². The van der Waals surface area contributed by atoms with Crippen molar-refractivity contribution in [3.63, 3.8) is 0 Å². The van der Waals surface area contributed by atoms with Gasteiger partial charge in [-0.3, -0.25) is 4.79 Å². The molecule has 5 rings (SSSR count). The summed E-state index contributed by atoms with van der Waals surface area (Å²) in [5.74, 6) is -3.47. The van der Waals surface area contributed by atoms with Crippen molar-refractivity contribution in [1.82, 2.24) is 9.55 Å². The standard InChI is InChI=1S/C22H21N3O4.C2HF3O2/c1-2-22(28)16-9-18-19-14(10-25(18)20(26)15(16)11-29-21(22)27)12(7-8-23)13-5-3-4-6-17(13)24-19;3-2(4,5)1(6)7/h3-6,9,28H,2,7-8,10-11,23H2,1H3;(H,6,7)/t22-;/m0./s1. The fraction of sp³-hybridized carbons (Fsp3) is 0.333. The summed E-state index contributed by atoms with van der Waals surface area (Å²) in [7, 11) is 0. The molecule has 4 heterocycles. The van der Waals surface area contributed by atoms with Crippen LogP contribution in [-0.4, -0.2) is 44.4 Å². The second-order valence-electron chi connectivity index (χ2n) is 8.38. The van der Waals surface area contributed by atoms with E-state index in [-0.39, 0.29) is 18.6 Å². The molecule has 0 saturated carbocycles.